The van der Waals surface area contributed by atoms with Crippen LogP contribution in [0, 0.1) is 0 Å². The molecule has 2 aromatic heterocycles. The molecule has 4 rings (SSSR count). The van der Waals surface area contributed by atoms with Crippen LogP contribution in [0.4, 0.5) is 0 Å². The van der Waals surface area contributed by atoms with Gasteiger partial charge in [-0.3, -0.25) is 4.98 Å². The second-order valence-corrected chi connectivity index (χ2v) is 8.18. The number of aromatic nitrogens is 2. The van der Waals surface area contributed by atoms with Crippen LogP contribution < -0.4 is 5.73 Å². The number of nitrogens with one attached hydrogen (secondary N) is 1. The number of aryl methyl sites for hydroxylation is 1. The Morgan fingerprint density at radius 3 is 2.73 bits per heavy atom. The number of pyridine rings is 1. The van der Waals surface area contributed by atoms with E-state index in [4.69, 9.17) is 5.73 Å². The molecule has 26 heavy (non-hydrogen) atoms. The molecule has 2 aromatic carbocycles. The molecule has 0 spiro atoms. The standard InChI is InChI=1S/C21H19Br2N3/c22-13-6-9-19-17(12-13)14(4-1-2-10-24)21(26-19)16-7-8-18(23)15-5-3-11-25-20(15)16/h3,5-9,11-12,26H,1-2,4,10,24H2. The molecule has 0 bridgehead atoms. The van der Waals surface area contributed by atoms with Crippen LogP contribution in [0.5, 0.6) is 0 Å². The van der Waals surface area contributed by atoms with E-state index in [-0.39, 0.29) is 0 Å². The fourth-order valence-corrected chi connectivity index (χ4v) is 4.31. The van der Waals surface area contributed by atoms with Gasteiger partial charge in [-0.05, 0) is 67.8 Å². The number of fused-ring (bicyclic) bond motifs is 2. The summed E-state index contributed by atoms with van der Waals surface area (Å²) in [6.45, 7) is 0.726. The summed E-state index contributed by atoms with van der Waals surface area (Å²) in [7, 11) is 0. The first-order valence-electron chi connectivity index (χ1n) is 8.73. The highest BCUT2D eigenvalue weighted by Gasteiger charge is 2.16. The maximum Gasteiger partial charge on any atom is 0.0806 e. The van der Waals surface area contributed by atoms with Crippen LogP contribution in [0.25, 0.3) is 33.1 Å². The van der Waals surface area contributed by atoms with Crippen LogP contribution in [0.1, 0.15) is 18.4 Å². The van der Waals surface area contributed by atoms with Gasteiger partial charge in [-0.1, -0.05) is 37.9 Å². The van der Waals surface area contributed by atoms with Gasteiger partial charge in [0, 0.05) is 37.0 Å². The summed E-state index contributed by atoms with van der Waals surface area (Å²) in [5, 5.41) is 2.39. The van der Waals surface area contributed by atoms with Crippen LogP contribution in [-0.4, -0.2) is 16.5 Å². The van der Waals surface area contributed by atoms with Gasteiger partial charge in [0.1, 0.15) is 0 Å². The summed E-state index contributed by atoms with van der Waals surface area (Å²) in [5.74, 6) is 0. The maximum atomic E-state index is 5.71. The topological polar surface area (TPSA) is 54.7 Å². The van der Waals surface area contributed by atoms with Crippen LogP contribution in [-0.2, 0) is 6.42 Å². The fraction of sp³-hybridized carbons (Fsp3) is 0.190. The fourth-order valence-electron chi connectivity index (χ4n) is 3.50. The average Bonchev–Trinajstić information content (AvgIpc) is 3.00. The number of H-pyrrole nitrogens is 1. The summed E-state index contributed by atoms with van der Waals surface area (Å²) in [5.41, 5.74) is 11.5. The van der Waals surface area contributed by atoms with Crippen LogP contribution in [0.3, 0.4) is 0 Å². The summed E-state index contributed by atoms with van der Waals surface area (Å²) >= 11 is 7.26. The van der Waals surface area contributed by atoms with Crippen molar-refractivity contribution < 1.29 is 0 Å². The molecule has 3 N–H and O–H groups in total. The molecular formula is C21H19Br2N3. The Hall–Kier alpha value is -1.69. The minimum Gasteiger partial charge on any atom is -0.354 e. The number of rotatable bonds is 5. The first-order chi connectivity index (χ1) is 12.7. The second kappa shape index (κ2) is 7.51. The van der Waals surface area contributed by atoms with Gasteiger partial charge in [0.2, 0.25) is 0 Å². The first-order valence-corrected chi connectivity index (χ1v) is 10.3. The van der Waals surface area contributed by atoms with Crippen molar-refractivity contribution in [3.05, 3.63) is 63.2 Å². The highest BCUT2D eigenvalue weighted by Crippen LogP contribution is 2.37. The molecular weight excluding hydrogens is 454 g/mol. The molecule has 0 saturated heterocycles. The Kier molecular flexibility index (Phi) is 5.11. The quantitative estimate of drug-likeness (QED) is 0.340. The van der Waals surface area contributed by atoms with Crippen molar-refractivity contribution in [1.82, 2.24) is 9.97 Å². The van der Waals surface area contributed by atoms with Crippen molar-refractivity contribution >= 4 is 53.7 Å². The van der Waals surface area contributed by atoms with Gasteiger partial charge in [0.15, 0.2) is 0 Å². The third kappa shape index (κ3) is 3.20. The van der Waals surface area contributed by atoms with Gasteiger partial charge in [-0.15, -0.1) is 0 Å². The molecule has 0 aliphatic heterocycles. The average molecular weight is 473 g/mol. The van der Waals surface area contributed by atoms with E-state index in [1.54, 1.807) is 0 Å². The zero-order valence-electron chi connectivity index (χ0n) is 14.2. The molecule has 132 valence electrons. The number of hydrogen-bond acceptors (Lipinski definition) is 2. The van der Waals surface area contributed by atoms with Crippen LogP contribution in [0.15, 0.2) is 57.6 Å². The third-order valence-electron chi connectivity index (χ3n) is 4.73. The highest BCUT2D eigenvalue weighted by atomic mass is 79.9. The SMILES string of the molecule is NCCCCc1c(-c2ccc(Br)c3cccnc23)[nH]c2ccc(Br)cc12. The number of unbranched alkanes of at least 4 members (excludes halogenated alkanes) is 1. The Balaban J connectivity index is 1.96. The zero-order chi connectivity index (χ0) is 18.1. The normalized spacial score (nSPS) is 11.5. The molecule has 3 nitrogen and oxygen atoms in total. The van der Waals surface area contributed by atoms with Gasteiger partial charge in [0.25, 0.3) is 0 Å². The molecule has 4 aromatic rings. The van der Waals surface area contributed by atoms with Crippen molar-refractivity contribution in [2.75, 3.05) is 6.54 Å². The zero-order valence-corrected chi connectivity index (χ0v) is 17.4. The Bertz CT molecular complexity index is 1090. The van der Waals surface area contributed by atoms with Crippen LogP contribution >= 0.6 is 31.9 Å². The van der Waals surface area contributed by atoms with Gasteiger partial charge < -0.3 is 10.7 Å². The summed E-state index contributed by atoms with van der Waals surface area (Å²) in [6.07, 6.45) is 4.95. The molecule has 0 radical (unpaired) electrons. The number of nitrogens with zero attached hydrogens (tertiary/aromatic N) is 1. The molecule has 2 heterocycles. The number of aromatic amines is 1. The molecule has 5 heteroatoms. The maximum absolute atomic E-state index is 5.71. The largest absolute Gasteiger partial charge is 0.354 e. The van der Waals surface area contributed by atoms with E-state index >= 15 is 0 Å². The van der Waals surface area contributed by atoms with Gasteiger partial charge in [0.05, 0.1) is 11.2 Å². The Morgan fingerprint density at radius 2 is 1.88 bits per heavy atom. The molecule has 0 aliphatic carbocycles. The van der Waals surface area contributed by atoms with E-state index in [1.807, 2.05) is 12.3 Å². The second-order valence-electron chi connectivity index (χ2n) is 6.41. The molecule has 0 atom stereocenters. The molecule has 0 aliphatic rings. The monoisotopic (exact) mass is 471 g/mol. The Morgan fingerprint density at radius 1 is 1.00 bits per heavy atom. The van der Waals surface area contributed by atoms with Crippen molar-refractivity contribution in [2.45, 2.75) is 19.3 Å². The van der Waals surface area contributed by atoms with Crippen molar-refractivity contribution in [3.8, 4) is 11.3 Å². The number of nitrogens with two attached hydrogens (primary N) is 1. The molecule has 0 fully saturated rings. The van der Waals surface area contributed by atoms with Gasteiger partial charge in [-0.25, -0.2) is 0 Å². The summed E-state index contributed by atoms with van der Waals surface area (Å²) < 4.78 is 2.15. The minimum atomic E-state index is 0.726. The lowest BCUT2D eigenvalue weighted by Crippen LogP contribution is -1.99. The van der Waals surface area contributed by atoms with Crippen molar-refractivity contribution in [1.29, 1.82) is 0 Å². The van der Waals surface area contributed by atoms with E-state index in [1.165, 1.54) is 10.9 Å². The van der Waals surface area contributed by atoms with Gasteiger partial charge in [-0.2, -0.15) is 0 Å². The lowest BCUT2D eigenvalue weighted by atomic mass is 9.98. The van der Waals surface area contributed by atoms with Gasteiger partial charge >= 0.3 is 0 Å². The summed E-state index contributed by atoms with van der Waals surface area (Å²) in [6, 6.07) is 14.7. The van der Waals surface area contributed by atoms with E-state index in [2.05, 4.69) is 78.2 Å². The first kappa shape index (κ1) is 17.7. The van der Waals surface area contributed by atoms with E-state index in [0.29, 0.717) is 0 Å². The van der Waals surface area contributed by atoms with Crippen molar-refractivity contribution in [2.24, 2.45) is 5.73 Å². The smallest absolute Gasteiger partial charge is 0.0806 e. The lowest BCUT2D eigenvalue weighted by molar-refractivity contribution is 0.748. The highest BCUT2D eigenvalue weighted by molar-refractivity contribution is 9.11. The molecule has 0 saturated carbocycles. The number of benzene rings is 2. The van der Waals surface area contributed by atoms with Crippen LogP contribution in [0.2, 0.25) is 0 Å². The summed E-state index contributed by atoms with van der Waals surface area (Å²) in [4.78, 5) is 8.30. The molecule has 0 amide bonds. The van der Waals surface area contributed by atoms with E-state index < -0.39 is 0 Å². The Labute approximate surface area is 169 Å². The lowest BCUT2D eigenvalue weighted by Gasteiger charge is -2.09. The minimum absolute atomic E-state index is 0.726. The predicted molar refractivity (Wildman–Crippen MR) is 116 cm³/mol. The van der Waals surface area contributed by atoms with E-state index in [0.717, 1.165) is 62.4 Å². The third-order valence-corrected chi connectivity index (χ3v) is 5.92. The van der Waals surface area contributed by atoms with E-state index in [9.17, 15) is 0 Å². The molecule has 0 unspecified atom stereocenters. The number of hydrogen-bond donors (Lipinski definition) is 2. The number of halogens is 2. The van der Waals surface area contributed by atoms with Crippen molar-refractivity contribution in [3.63, 3.8) is 0 Å². The predicted octanol–water partition coefficient (Wildman–Crippen LogP) is 6.19.